The molecular weight excluding hydrogens is 362 g/mol. The Morgan fingerprint density at radius 2 is 1.84 bits per heavy atom. The molecule has 2 heterocycles. The van der Waals surface area contributed by atoms with Crippen molar-refractivity contribution in [2.24, 2.45) is 16.5 Å². The Kier molecular flexibility index (Phi) is 5.39. The lowest BCUT2D eigenvalue weighted by Gasteiger charge is -2.46. The van der Waals surface area contributed by atoms with E-state index in [0.29, 0.717) is 50.5 Å². The van der Waals surface area contributed by atoms with Crippen LogP contribution >= 0.6 is 11.6 Å². The fourth-order valence-electron chi connectivity index (χ4n) is 3.74. The second-order valence-corrected chi connectivity index (χ2v) is 9.35. The van der Waals surface area contributed by atoms with Gasteiger partial charge in [0.25, 0.3) is 0 Å². The zero-order chi connectivity index (χ0) is 18.1. The quantitative estimate of drug-likeness (QED) is 0.790. The Balaban J connectivity index is 1.62. The maximum absolute atomic E-state index is 13.1. The van der Waals surface area contributed by atoms with E-state index >= 15 is 0 Å². The third kappa shape index (κ3) is 4.53. The molecule has 1 aromatic carbocycles. The van der Waals surface area contributed by atoms with E-state index in [0.717, 1.165) is 5.56 Å². The number of likely N-dealkylation sites (tertiary alicyclic amines) is 1. The van der Waals surface area contributed by atoms with Crippen LogP contribution in [-0.4, -0.2) is 51.2 Å². The van der Waals surface area contributed by atoms with E-state index in [1.807, 2.05) is 29.2 Å². The third-order valence-corrected chi connectivity index (χ3v) is 6.39. The summed E-state index contributed by atoms with van der Waals surface area (Å²) in [6, 6.07) is 7.63. The highest BCUT2D eigenvalue weighted by molar-refractivity contribution is 7.89. The van der Waals surface area contributed by atoms with Gasteiger partial charge in [-0.2, -0.15) is 0 Å². The van der Waals surface area contributed by atoms with Gasteiger partial charge in [0.15, 0.2) is 0 Å². The number of hydrogen-bond acceptors (Lipinski definition) is 4. The van der Waals surface area contributed by atoms with Crippen LogP contribution < -0.4 is 10.5 Å². The van der Waals surface area contributed by atoms with Crippen LogP contribution in [0.5, 0.6) is 0 Å². The molecule has 0 spiro atoms. The second-order valence-electron chi connectivity index (χ2n) is 7.25. The van der Waals surface area contributed by atoms with Crippen LogP contribution in [0.2, 0.25) is 5.02 Å². The van der Waals surface area contributed by atoms with Crippen LogP contribution in [0.3, 0.4) is 0 Å². The summed E-state index contributed by atoms with van der Waals surface area (Å²) in [5.41, 5.74) is 0.698. The average molecular weight is 386 g/mol. The maximum Gasteiger partial charge on any atom is 0.231 e. The molecule has 2 fully saturated rings. The summed E-state index contributed by atoms with van der Waals surface area (Å²) in [4.78, 5) is 15.0. The summed E-state index contributed by atoms with van der Waals surface area (Å²) in [5.74, 6) is 0.216. The molecule has 8 heteroatoms. The Morgan fingerprint density at radius 3 is 2.32 bits per heavy atom. The summed E-state index contributed by atoms with van der Waals surface area (Å²) < 4.78 is 22.5. The van der Waals surface area contributed by atoms with Crippen molar-refractivity contribution in [3.63, 3.8) is 0 Å². The number of nitrogens with two attached hydrogens (primary N) is 1. The van der Waals surface area contributed by atoms with Crippen molar-refractivity contribution in [1.82, 2.24) is 10.2 Å². The summed E-state index contributed by atoms with van der Waals surface area (Å²) in [6.45, 7) is 2.54. The number of halogens is 1. The number of carbonyl (C=O) groups excluding carboxylic acids is 1. The number of primary sulfonamides is 1. The molecule has 0 aliphatic carbocycles. The monoisotopic (exact) mass is 385 g/mol. The molecule has 2 aliphatic heterocycles. The molecule has 1 amide bonds. The van der Waals surface area contributed by atoms with Gasteiger partial charge in [-0.25, -0.2) is 13.6 Å². The van der Waals surface area contributed by atoms with Gasteiger partial charge in [0, 0.05) is 31.2 Å². The van der Waals surface area contributed by atoms with Gasteiger partial charge in [-0.15, -0.1) is 0 Å². The fourth-order valence-corrected chi connectivity index (χ4v) is 4.85. The first-order valence-corrected chi connectivity index (χ1v) is 10.6. The van der Waals surface area contributed by atoms with E-state index in [2.05, 4.69) is 5.32 Å². The highest BCUT2D eigenvalue weighted by Gasteiger charge is 2.46. The zero-order valence-electron chi connectivity index (χ0n) is 14.1. The molecule has 3 rings (SSSR count). The minimum Gasteiger partial charge on any atom is -0.342 e. The summed E-state index contributed by atoms with van der Waals surface area (Å²) in [6.07, 6.45) is 2.06. The number of benzene rings is 1. The summed E-state index contributed by atoms with van der Waals surface area (Å²) >= 11 is 5.94. The number of nitrogens with one attached hydrogen (secondary N) is 1. The number of nitrogens with zero attached hydrogens (tertiary/aromatic N) is 1. The van der Waals surface area contributed by atoms with Gasteiger partial charge >= 0.3 is 0 Å². The smallest absolute Gasteiger partial charge is 0.231 e. The molecule has 3 N–H and O–H groups in total. The SMILES string of the molecule is NS(=O)(=O)CC1CCN(C(=O)C2(Cc3ccc(Cl)cc3)CNC2)CC1. The Hall–Kier alpha value is -1.15. The van der Waals surface area contributed by atoms with E-state index in [4.69, 9.17) is 16.7 Å². The van der Waals surface area contributed by atoms with Crippen LogP contribution in [0, 0.1) is 11.3 Å². The predicted molar refractivity (Wildman–Crippen MR) is 97.7 cm³/mol. The van der Waals surface area contributed by atoms with E-state index in [1.165, 1.54) is 0 Å². The topological polar surface area (TPSA) is 92.5 Å². The Morgan fingerprint density at radius 1 is 1.24 bits per heavy atom. The highest BCUT2D eigenvalue weighted by Crippen LogP contribution is 2.32. The van der Waals surface area contributed by atoms with Crippen molar-refractivity contribution in [3.8, 4) is 0 Å². The first-order chi connectivity index (χ1) is 11.8. The molecule has 138 valence electrons. The van der Waals surface area contributed by atoms with Crippen molar-refractivity contribution < 1.29 is 13.2 Å². The maximum atomic E-state index is 13.1. The van der Waals surface area contributed by atoms with Gasteiger partial charge in [-0.3, -0.25) is 4.79 Å². The van der Waals surface area contributed by atoms with Gasteiger partial charge in [0.1, 0.15) is 0 Å². The van der Waals surface area contributed by atoms with E-state index < -0.39 is 15.4 Å². The molecule has 0 bridgehead atoms. The standard InChI is InChI=1S/C17H24ClN3O3S/c18-15-3-1-13(2-4-15)9-17(11-20-12-17)16(22)21-7-5-14(6-8-21)10-25(19,23)24/h1-4,14,20H,5-12H2,(H2,19,23,24). The number of piperidine rings is 1. The molecule has 2 saturated heterocycles. The number of carbonyl (C=O) groups is 1. The van der Waals surface area contributed by atoms with Crippen molar-refractivity contribution in [3.05, 3.63) is 34.9 Å². The van der Waals surface area contributed by atoms with E-state index in [-0.39, 0.29) is 17.6 Å². The zero-order valence-corrected chi connectivity index (χ0v) is 15.7. The van der Waals surface area contributed by atoms with Gasteiger partial charge in [0.05, 0.1) is 11.2 Å². The van der Waals surface area contributed by atoms with Crippen LogP contribution in [0.15, 0.2) is 24.3 Å². The Bertz CT molecular complexity index is 724. The molecule has 0 unspecified atom stereocenters. The van der Waals surface area contributed by atoms with Crippen LogP contribution in [0.4, 0.5) is 0 Å². The lowest BCUT2D eigenvalue weighted by molar-refractivity contribution is -0.146. The molecule has 0 atom stereocenters. The molecule has 0 aromatic heterocycles. The summed E-state index contributed by atoms with van der Waals surface area (Å²) in [7, 11) is -3.45. The van der Waals surface area contributed by atoms with Crippen molar-refractivity contribution in [1.29, 1.82) is 0 Å². The predicted octanol–water partition coefficient (Wildman–Crippen LogP) is 0.999. The van der Waals surface area contributed by atoms with Crippen LogP contribution in [-0.2, 0) is 21.2 Å². The lowest BCUT2D eigenvalue weighted by atomic mass is 9.74. The summed E-state index contributed by atoms with van der Waals surface area (Å²) in [5, 5.41) is 9.04. The van der Waals surface area contributed by atoms with Gasteiger partial charge in [-0.1, -0.05) is 23.7 Å². The highest BCUT2D eigenvalue weighted by atomic mass is 35.5. The second kappa shape index (κ2) is 7.23. The molecule has 0 saturated carbocycles. The van der Waals surface area contributed by atoms with Crippen LogP contribution in [0.1, 0.15) is 18.4 Å². The minimum absolute atomic E-state index is 0.00645. The van der Waals surface area contributed by atoms with Gasteiger partial charge in [0.2, 0.25) is 15.9 Å². The van der Waals surface area contributed by atoms with Crippen molar-refractivity contribution in [2.75, 3.05) is 31.9 Å². The van der Waals surface area contributed by atoms with Crippen LogP contribution in [0.25, 0.3) is 0 Å². The number of hydrogen-bond donors (Lipinski definition) is 2. The largest absolute Gasteiger partial charge is 0.342 e. The lowest BCUT2D eigenvalue weighted by Crippen LogP contribution is -2.63. The minimum atomic E-state index is -3.45. The van der Waals surface area contributed by atoms with Gasteiger partial charge in [-0.05, 0) is 42.9 Å². The first kappa shape index (κ1) is 18.6. The molecule has 6 nitrogen and oxygen atoms in total. The molecular formula is C17H24ClN3O3S. The van der Waals surface area contributed by atoms with E-state index in [1.54, 1.807) is 0 Å². The molecule has 2 aliphatic rings. The first-order valence-electron chi connectivity index (χ1n) is 8.52. The average Bonchev–Trinajstić information content (AvgIpc) is 2.51. The van der Waals surface area contributed by atoms with Crippen molar-refractivity contribution in [2.45, 2.75) is 19.3 Å². The van der Waals surface area contributed by atoms with Crippen molar-refractivity contribution >= 4 is 27.5 Å². The van der Waals surface area contributed by atoms with E-state index in [9.17, 15) is 13.2 Å². The third-order valence-electron chi connectivity index (χ3n) is 5.21. The Labute approximate surface area is 153 Å². The van der Waals surface area contributed by atoms with Gasteiger partial charge < -0.3 is 10.2 Å². The molecule has 1 aromatic rings. The number of rotatable bonds is 5. The number of amides is 1. The molecule has 25 heavy (non-hydrogen) atoms. The normalized spacial score (nSPS) is 21.0. The number of sulfonamides is 1. The molecule has 0 radical (unpaired) electrons. The fraction of sp³-hybridized carbons (Fsp3) is 0.588.